The minimum atomic E-state index is -1.86. The molecule has 31 heavy (non-hydrogen) atoms. The number of ether oxygens (including phenoxy) is 1. The lowest BCUT2D eigenvalue weighted by molar-refractivity contribution is -0.135. The third-order valence-electron chi connectivity index (χ3n) is 5.76. The van der Waals surface area contributed by atoms with Crippen LogP contribution in [0.4, 0.5) is 5.69 Å². The maximum Gasteiger partial charge on any atom is 0.264 e. The fraction of sp³-hybridized carbons (Fsp3) is 0.231. The Kier molecular flexibility index (Phi) is 5.87. The molecule has 158 valence electrons. The molecule has 0 aromatic heterocycles. The van der Waals surface area contributed by atoms with E-state index >= 15 is 0 Å². The van der Waals surface area contributed by atoms with E-state index in [-0.39, 0.29) is 12.2 Å². The molecule has 1 aliphatic rings. The molecule has 0 spiro atoms. The second kappa shape index (κ2) is 8.74. The van der Waals surface area contributed by atoms with Gasteiger partial charge in [-0.1, -0.05) is 48.5 Å². The van der Waals surface area contributed by atoms with Crippen molar-refractivity contribution >= 4 is 17.4 Å². The van der Waals surface area contributed by atoms with Gasteiger partial charge in [-0.05, 0) is 48.7 Å². The summed E-state index contributed by atoms with van der Waals surface area (Å²) >= 11 is 0. The van der Waals surface area contributed by atoms with E-state index in [2.05, 4.69) is 12.1 Å². The summed E-state index contributed by atoms with van der Waals surface area (Å²) in [7, 11) is 1.56. The highest BCUT2D eigenvalue weighted by Gasteiger charge is 2.50. The Hall–Kier alpha value is -3.44. The first-order chi connectivity index (χ1) is 15.0. The maximum absolute atomic E-state index is 13.3. The van der Waals surface area contributed by atoms with Crippen LogP contribution in [0.15, 0.2) is 78.9 Å². The predicted molar refractivity (Wildman–Crippen MR) is 119 cm³/mol. The van der Waals surface area contributed by atoms with Crippen molar-refractivity contribution in [1.29, 1.82) is 0 Å². The van der Waals surface area contributed by atoms with Gasteiger partial charge in [-0.25, -0.2) is 0 Å². The van der Waals surface area contributed by atoms with Crippen LogP contribution in [0, 0.1) is 0 Å². The zero-order valence-corrected chi connectivity index (χ0v) is 17.5. The summed E-state index contributed by atoms with van der Waals surface area (Å²) in [6.45, 7) is 0.476. The van der Waals surface area contributed by atoms with Gasteiger partial charge in [0.25, 0.3) is 5.91 Å². The van der Waals surface area contributed by atoms with Gasteiger partial charge in [-0.15, -0.1) is 0 Å². The quantitative estimate of drug-likeness (QED) is 0.562. The first-order valence-electron chi connectivity index (χ1n) is 10.4. The molecule has 0 bridgehead atoms. The molecule has 3 aromatic rings. The van der Waals surface area contributed by atoms with Crippen molar-refractivity contribution in [3.05, 3.63) is 95.6 Å². The molecule has 4 rings (SSSR count). The minimum Gasteiger partial charge on any atom is -0.497 e. The zero-order valence-electron chi connectivity index (χ0n) is 17.5. The Morgan fingerprint density at radius 2 is 1.65 bits per heavy atom. The number of methoxy groups -OCH3 is 1. The number of carbonyl (C=O) groups excluding carboxylic acids is 2. The van der Waals surface area contributed by atoms with Gasteiger partial charge in [-0.3, -0.25) is 9.59 Å². The molecule has 0 saturated heterocycles. The van der Waals surface area contributed by atoms with Gasteiger partial charge in [0.15, 0.2) is 11.4 Å². The molecule has 0 saturated carbocycles. The predicted octanol–water partition coefficient (Wildman–Crippen LogP) is 4.14. The van der Waals surface area contributed by atoms with Crippen LogP contribution in [0.3, 0.4) is 0 Å². The molecule has 3 aromatic carbocycles. The number of aliphatic hydroxyl groups is 1. The van der Waals surface area contributed by atoms with Crippen LogP contribution < -0.4 is 9.64 Å². The number of benzene rings is 3. The van der Waals surface area contributed by atoms with Crippen molar-refractivity contribution < 1.29 is 19.4 Å². The van der Waals surface area contributed by atoms with E-state index in [4.69, 9.17) is 4.74 Å². The summed E-state index contributed by atoms with van der Waals surface area (Å²) in [5, 5.41) is 11.4. The summed E-state index contributed by atoms with van der Waals surface area (Å²) in [5.74, 6) is -0.0924. The number of fused-ring (bicyclic) bond motifs is 1. The Morgan fingerprint density at radius 1 is 0.968 bits per heavy atom. The third kappa shape index (κ3) is 4.09. The van der Waals surface area contributed by atoms with Gasteiger partial charge < -0.3 is 14.7 Å². The number of carbonyl (C=O) groups is 2. The Labute approximate surface area is 181 Å². The van der Waals surface area contributed by atoms with E-state index in [1.807, 2.05) is 30.3 Å². The third-order valence-corrected chi connectivity index (χ3v) is 5.76. The number of para-hydroxylation sites is 1. The van der Waals surface area contributed by atoms with Gasteiger partial charge >= 0.3 is 0 Å². The number of ketones is 1. The molecular formula is C26H25NO4. The molecule has 1 heterocycles. The number of aryl methyl sites for hydroxylation is 1. The van der Waals surface area contributed by atoms with E-state index in [1.165, 1.54) is 5.56 Å². The highest BCUT2D eigenvalue weighted by Crippen LogP contribution is 2.43. The Balaban J connectivity index is 1.53. The van der Waals surface area contributed by atoms with Gasteiger partial charge in [-0.2, -0.15) is 0 Å². The van der Waals surface area contributed by atoms with Crippen molar-refractivity contribution in [2.45, 2.75) is 24.9 Å². The average molecular weight is 415 g/mol. The van der Waals surface area contributed by atoms with Gasteiger partial charge in [0, 0.05) is 17.7 Å². The SMILES string of the molecule is COc1ccc(C(=O)C[C@]2(O)C(=O)N(CCCc3ccccc3)c3ccccc32)cc1. The smallest absolute Gasteiger partial charge is 0.264 e. The lowest BCUT2D eigenvalue weighted by Crippen LogP contribution is -2.42. The molecule has 0 fully saturated rings. The summed E-state index contributed by atoms with van der Waals surface area (Å²) < 4.78 is 5.13. The van der Waals surface area contributed by atoms with Crippen molar-refractivity contribution in [2.75, 3.05) is 18.6 Å². The van der Waals surface area contributed by atoms with Crippen LogP contribution in [0.2, 0.25) is 0 Å². The van der Waals surface area contributed by atoms with Crippen LogP contribution in [-0.4, -0.2) is 30.5 Å². The number of rotatable bonds is 8. The van der Waals surface area contributed by atoms with Crippen LogP contribution >= 0.6 is 0 Å². The van der Waals surface area contributed by atoms with Gasteiger partial charge in [0.1, 0.15) is 5.75 Å². The maximum atomic E-state index is 13.3. The second-order valence-electron chi connectivity index (χ2n) is 7.75. The molecule has 0 aliphatic carbocycles. The highest BCUT2D eigenvalue weighted by atomic mass is 16.5. The molecule has 5 nitrogen and oxygen atoms in total. The molecule has 1 aliphatic heterocycles. The molecule has 1 amide bonds. The fourth-order valence-electron chi connectivity index (χ4n) is 4.10. The molecule has 0 radical (unpaired) electrons. The molecule has 5 heteroatoms. The number of anilines is 1. The largest absolute Gasteiger partial charge is 0.497 e. The van der Waals surface area contributed by atoms with E-state index in [1.54, 1.807) is 48.4 Å². The Morgan fingerprint density at radius 3 is 2.35 bits per heavy atom. The van der Waals surface area contributed by atoms with Gasteiger partial charge in [0.05, 0.1) is 19.2 Å². The van der Waals surface area contributed by atoms with Crippen molar-refractivity contribution in [1.82, 2.24) is 0 Å². The number of nitrogens with zero attached hydrogens (tertiary/aromatic N) is 1. The van der Waals surface area contributed by atoms with Crippen molar-refractivity contribution in [2.24, 2.45) is 0 Å². The second-order valence-corrected chi connectivity index (χ2v) is 7.75. The normalized spacial score (nSPS) is 17.5. The fourth-order valence-corrected chi connectivity index (χ4v) is 4.10. The van der Waals surface area contributed by atoms with E-state index in [9.17, 15) is 14.7 Å². The molecular weight excluding hydrogens is 390 g/mol. The number of hydrogen-bond donors (Lipinski definition) is 1. The molecule has 0 unspecified atom stereocenters. The Bertz CT molecular complexity index is 1080. The van der Waals surface area contributed by atoms with Crippen LogP contribution in [-0.2, 0) is 16.8 Å². The van der Waals surface area contributed by atoms with Crippen molar-refractivity contribution in [3.8, 4) is 5.75 Å². The monoisotopic (exact) mass is 415 g/mol. The summed E-state index contributed by atoms with van der Waals surface area (Å²) in [6.07, 6.45) is 1.28. The van der Waals surface area contributed by atoms with E-state index in [0.717, 1.165) is 12.8 Å². The number of amides is 1. The number of hydrogen-bond acceptors (Lipinski definition) is 4. The number of Topliss-reactive ketones (excluding diaryl/α,β-unsaturated/α-hetero) is 1. The topological polar surface area (TPSA) is 66.8 Å². The lowest BCUT2D eigenvalue weighted by atomic mass is 9.88. The average Bonchev–Trinajstić information content (AvgIpc) is 3.01. The van der Waals surface area contributed by atoms with Crippen molar-refractivity contribution in [3.63, 3.8) is 0 Å². The van der Waals surface area contributed by atoms with E-state index < -0.39 is 11.5 Å². The van der Waals surface area contributed by atoms with Gasteiger partial charge in [0.2, 0.25) is 0 Å². The minimum absolute atomic E-state index is 0.292. The first kappa shape index (κ1) is 20.8. The summed E-state index contributed by atoms with van der Waals surface area (Å²) in [5.41, 5.74) is 0.932. The summed E-state index contributed by atoms with van der Waals surface area (Å²) in [4.78, 5) is 27.8. The highest BCUT2D eigenvalue weighted by molar-refractivity contribution is 6.10. The summed E-state index contributed by atoms with van der Waals surface area (Å²) in [6, 6.07) is 23.9. The molecule has 1 atom stereocenters. The lowest BCUT2D eigenvalue weighted by Gasteiger charge is -2.23. The molecule has 1 N–H and O–H groups in total. The zero-order chi connectivity index (χ0) is 21.8. The first-order valence-corrected chi connectivity index (χ1v) is 10.4. The van der Waals surface area contributed by atoms with E-state index in [0.29, 0.717) is 29.1 Å². The standard InChI is InChI=1S/C26H25NO4/c1-31-21-15-13-20(14-16-21)24(28)18-26(30)22-11-5-6-12-23(22)27(25(26)29)17-7-10-19-8-3-2-4-9-19/h2-6,8-9,11-16,30H,7,10,17-18H2,1H3/t26-/m1/s1. The van der Waals surface area contributed by atoms with Crippen LogP contribution in [0.5, 0.6) is 5.75 Å². The van der Waals surface area contributed by atoms with Crippen LogP contribution in [0.25, 0.3) is 0 Å². The van der Waals surface area contributed by atoms with Crippen LogP contribution in [0.1, 0.15) is 34.3 Å².